The molecule has 1 aromatic carbocycles. The fraction of sp³-hybridized carbons (Fsp3) is 0.294. The molecule has 2 heterocycles. The van der Waals surface area contributed by atoms with E-state index < -0.39 is 5.97 Å². The van der Waals surface area contributed by atoms with Gasteiger partial charge in [0.2, 0.25) is 11.9 Å². The molecular weight excluding hydrogens is 322 g/mol. The number of benzene rings is 1. The summed E-state index contributed by atoms with van der Waals surface area (Å²) >= 11 is 0. The van der Waals surface area contributed by atoms with Gasteiger partial charge in [-0.15, -0.1) is 0 Å². The van der Waals surface area contributed by atoms with E-state index in [1.165, 1.54) is 6.20 Å². The van der Waals surface area contributed by atoms with Crippen molar-refractivity contribution in [1.82, 2.24) is 9.97 Å². The first-order valence-electron chi connectivity index (χ1n) is 8.06. The Labute approximate surface area is 144 Å². The molecule has 130 valence electrons. The summed E-state index contributed by atoms with van der Waals surface area (Å²) in [6, 6.07) is 5.67. The van der Waals surface area contributed by atoms with Crippen LogP contribution in [0.4, 0.5) is 23.1 Å². The molecule has 0 unspecified atom stereocenters. The molecule has 0 fully saturated rings. The van der Waals surface area contributed by atoms with Gasteiger partial charge in [-0.05, 0) is 37.5 Å². The van der Waals surface area contributed by atoms with Crippen LogP contribution in [-0.4, -0.2) is 28.5 Å². The Hall–Kier alpha value is -3.16. The lowest BCUT2D eigenvalue weighted by Crippen LogP contribution is -2.11. The van der Waals surface area contributed by atoms with Crippen molar-refractivity contribution in [2.24, 2.45) is 0 Å². The quantitative estimate of drug-likeness (QED) is 0.730. The molecule has 2 aromatic rings. The van der Waals surface area contributed by atoms with Crippen LogP contribution < -0.4 is 16.4 Å². The van der Waals surface area contributed by atoms with Crippen molar-refractivity contribution in [2.45, 2.75) is 26.2 Å². The second-order valence-electron chi connectivity index (χ2n) is 5.61. The highest BCUT2D eigenvalue weighted by Crippen LogP contribution is 2.27. The summed E-state index contributed by atoms with van der Waals surface area (Å²) in [6.45, 7) is 1.96. The van der Waals surface area contributed by atoms with E-state index in [1.807, 2.05) is 18.2 Å². The van der Waals surface area contributed by atoms with E-state index in [1.54, 1.807) is 6.92 Å². The van der Waals surface area contributed by atoms with Crippen LogP contribution in [-0.2, 0) is 16.0 Å². The number of aryl methyl sites for hydroxylation is 1. The van der Waals surface area contributed by atoms with Crippen molar-refractivity contribution in [3.63, 3.8) is 0 Å². The molecule has 0 spiro atoms. The lowest BCUT2D eigenvalue weighted by Gasteiger charge is -2.11. The van der Waals surface area contributed by atoms with Crippen molar-refractivity contribution >= 4 is 35.0 Å². The van der Waals surface area contributed by atoms with E-state index >= 15 is 0 Å². The minimum Gasteiger partial charge on any atom is -0.462 e. The number of nitrogens with two attached hydrogens (primary N) is 1. The largest absolute Gasteiger partial charge is 0.462 e. The normalized spacial score (nSPS) is 13.4. The van der Waals surface area contributed by atoms with Crippen LogP contribution in [0.5, 0.6) is 0 Å². The molecule has 0 aliphatic carbocycles. The summed E-state index contributed by atoms with van der Waals surface area (Å²) < 4.78 is 4.89. The molecule has 3 rings (SSSR count). The van der Waals surface area contributed by atoms with Gasteiger partial charge in [-0.2, -0.15) is 4.98 Å². The van der Waals surface area contributed by atoms with E-state index in [-0.39, 0.29) is 29.8 Å². The van der Waals surface area contributed by atoms with E-state index in [2.05, 4.69) is 20.6 Å². The fourth-order valence-electron chi connectivity index (χ4n) is 2.59. The van der Waals surface area contributed by atoms with Crippen molar-refractivity contribution in [2.75, 3.05) is 23.0 Å². The topological polar surface area (TPSA) is 119 Å². The Bertz CT molecular complexity index is 822. The second-order valence-corrected chi connectivity index (χ2v) is 5.61. The van der Waals surface area contributed by atoms with Crippen molar-refractivity contribution in [3.8, 4) is 0 Å². The summed E-state index contributed by atoms with van der Waals surface area (Å²) in [5, 5.41) is 5.91. The fourth-order valence-corrected chi connectivity index (χ4v) is 2.59. The monoisotopic (exact) mass is 341 g/mol. The summed E-state index contributed by atoms with van der Waals surface area (Å²) in [5.74, 6) is -0.251. The number of hydrogen-bond donors (Lipinski definition) is 3. The highest BCUT2D eigenvalue weighted by molar-refractivity contribution is 5.94. The van der Waals surface area contributed by atoms with E-state index in [4.69, 9.17) is 10.5 Å². The minimum absolute atomic E-state index is 0.00943. The standard InChI is InChI=1S/C17H19N5O3/c1-2-25-16(24)12-9-19-17(22-15(12)18)20-11-7-6-10-4-3-5-14(23)21-13(10)8-11/h6-9H,2-5H2,1H3,(H,21,23)(H3,18,19,20,22). The van der Waals surface area contributed by atoms with Crippen LogP contribution >= 0.6 is 0 Å². The number of anilines is 4. The number of amides is 1. The Balaban J connectivity index is 1.80. The molecule has 0 bridgehead atoms. The number of ether oxygens (including phenoxy) is 1. The van der Waals surface area contributed by atoms with Crippen LogP contribution in [0.3, 0.4) is 0 Å². The first-order valence-corrected chi connectivity index (χ1v) is 8.06. The number of carbonyl (C=O) groups is 2. The molecule has 1 aliphatic heterocycles. The zero-order valence-electron chi connectivity index (χ0n) is 13.8. The van der Waals surface area contributed by atoms with Gasteiger partial charge in [0.1, 0.15) is 11.4 Å². The number of hydrogen-bond acceptors (Lipinski definition) is 7. The van der Waals surface area contributed by atoms with Gasteiger partial charge in [0.05, 0.1) is 6.61 Å². The van der Waals surface area contributed by atoms with Crippen molar-refractivity contribution < 1.29 is 14.3 Å². The maximum absolute atomic E-state index is 11.7. The van der Waals surface area contributed by atoms with Gasteiger partial charge in [0.25, 0.3) is 0 Å². The number of aromatic nitrogens is 2. The maximum atomic E-state index is 11.7. The van der Waals surface area contributed by atoms with Gasteiger partial charge >= 0.3 is 5.97 Å². The molecule has 1 aromatic heterocycles. The minimum atomic E-state index is -0.556. The molecule has 25 heavy (non-hydrogen) atoms. The molecule has 0 saturated heterocycles. The predicted molar refractivity (Wildman–Crippen MR) is 93.7 cm³/mol. The number of fused-ring (bicyclic) bond motifs is 1. The lowest BCUT2D eigenvalue weighted by atomic mass is 10.1. The SMILES string of the molecule is CCOC(=O)c1cnc(Nc2ccc3c(c2)NC(=O)CCC3)nc1N. The molecule has 4 N–H and O–H groups in total. The predicted octanol–water partition coefficient (Wildman–Crippen LogP) is 2.25. The molecule has 1 amide bonds. The number of esters is 1. The highest BCUT2D eigenvalue weighted by atomic mass is 16.5. The Morgan fingerprint density at radius 3 is 3.00 bits per heavy atom. The van der Waals surface area contributed by atoms with Crippen molar-refractivity contribution in [3.05, 3.63) is 35.5 Å². The molecule has 8 nitrogen and oxygen atoms in total. The third kappa shape index (κ3) is 3.85. The third-order valence-corrected chi connectivity index (χ3v) is 3.80. The zero-order valence-corrected chi connectivity index (χ0v) is 13.8. The number of rotatable bonds is 4. The number of nitrogen functional groups attached to an aromatic ring is 1. The van der Waals surface area contributed by atoms with Gasteiger partial charge in [0.15, 0.2) is 0 Å². The van der Waals surface area contributed by atoms with Crippen LogP contribution in [0, 0.1) is 0 Å². The van der Waals surface area contributed by atoms with Gasteiger partial charge in [-0.1, -0.05) is 6.07 Å². The van der Waals surface area contributed by atoms with Gasteiger partial charge in [0, 0.05) is 24.0 Å². The summed E-state index contributed by atoms with van der Waals surface area (Å²) in [5.41, 5.74) is 8.52. The molecule has 8 heteroatoms. The van der Waals surface area contributed by atoms with Crippen LogP contribution in [0.2, 0.25) is 0 Å². The van der Waals surface area contributed by atoms with E-state index in [0.717, 1.165) is 24.1 Å². The maximum Gasteiger partial charge on any atom is 0.343 e. The molecule has 0 saturated carbocycles. The highest BCUT2D eigenvalue weighted by Gasteiger charge is 2.15. The summed E-state index contributed by atoms with van der Waals surface area (Å²) in [7, 11) is 0. The lowest BCUT2D eigenvalue weighted by molar-refractivity contribution is -0.116. The smallest absolute Gasteiger partial charge is 0.343 e. The molecule has 1 aliphatic rings. The van der Waals surface area contributed by atoms with Gasteiger partial charge in [-0.25, -0.2) is 9.78 Å². The Morgan fingerprint density at radius 2 is 2.24 bits per heavy atom. The average Bonchev–Trinajstić information content (AvgIpc) is 2.75. The second kappa shape index (κ2) is 7.16. The number of carbonyl (C=O) groups excluding carboxylic acids is 2. The first-order chi connectivity index (χ1) is 12.1. The Kier molecular flexibility index (Phi) is 4.78. The van der Waals surface area contributed by atoms with E-state index in [0.29, 0.717) is 12.1 Å². The number of nitrogens with one attached hydrogen (secondary N) is 2. The zero-order chi connectivity index (χ0) is 17.8. The van der Waals surface area contributed by atoms with Crippen LogP contribution in [0.15, 0.2) is 24.4 Å². The Morgan fingerprint density at radius 1 is 1.40 bits per heavy atom. The van der Waals surface area contributed by atoms with Crippen LogP contribution in [0.25, 0.3) is 0 Å². The van der Waals surface area contributed by atoms with Gasteiger partial charge in [-0.3, -0.25) is 4.79 Å². The third-order valence-electron chi connectivity index (χ3n) is 3.80. The first kappa shape index (κ1) is 16.7. The van der Waals surface area contributed by atoms with Gasteiger partial charge < -0.3 is 21.1 Å². The summed E-state index contributed by atoms with van der Waals surface area (Å²) in [6.07, 6.45) is 3.53. The number of nitrogens with zero attached hydrogens (tertiary/aromatic N) is 2. The molecular formula is C17H19N5O3. The summed E-state index contributed by atoms with van der Waals surface area (Å²) in [4.78, 5) is 31.6. The van der Waals surface area contributed by atoms with Crippen LogP contribution in [0.1, 0.15) is 35.7 Å². The van der Waals surface area contributed by atoms with E-state index in [9.17, 15) is 9.59 Å². The molecule has 0 radical (unpaired) electrons. The average molecular weight is 341 g/mol. The molecule has 0 atom stereocenters. The van der Waals surface area contributed by atoms with Crippen molar-refractivity contribution in [1.29, 1.82) is 0 Å².